The quantitative estimate of drug-likeness (QED) is 0.789. The second-order valence-electron chi connectivity index (χ2n) is 4.58. The highest BCUT2D eigenvalue weighted by atomic mass is 32.2. The van der Waals surface area contributed by atoms with E-state index in [0.29, 0.717) is 5.92 Å². The smallest absolute Gasteiger partial charge is 0.195 e. The molecule has 0 bridgehead atoms. The van der Waals surface area contributed by atoms with Crippen molar-refractivity contribution in [3.8, 4) is 0 Å². The maximum absolute atomic E-state index is 11.5. The monoisotopic (exact) mass is 236 g/mol. The van der Waals surface area contributed by atoms with Crippen LogP contribution in [0.15, 0.2) is 24.3 Å². The first kappa shape index (κ1) is 13.3. The van der Waals surface area contributed by atoms with E-state index in [4.69, 9.17) is 0 Å². The van der Waals surface area contributed by atoms with E-state index in [1.807, 2.05) is 13.2 Å². The van der Waals surface area contributed by atoms with Crippen molar-refractivity contribution >= 4 is 16.9 Å². The van der Waals surface area contributed by atoms with E-state index in [1.54, 1.807) is 0 Å². The van der Waals surface area contributed by atoms with Gasteiger partial charge in [0.1, 0.15) is 0 Å². The predicted molar refractivity (Wildman–Crippen MR) is 71.9 cm³/mol. The van der Waals surface area contributed by atoms with Gasteiger partial charge in [-0.15, -0.1) is 0 Å². The highest BCUT2D eigenvalue weighted by molar-refractivity contribution is 8.13. The molecule has 1 nitrogen and oxygen atoms in total. The molecule has 88 valence electrons. The largest absolute Gasteiger partial charge is 0.287 e. The molecule has 16 heavy (non-hydrogen) atoms. The van der Waals surface area contributed by atoms with Crippen molar-refractivity contribution < 1.29 is 4.79 Å². The summed E-state index contributed by atoms with van der Waals surface area (Å²) in [7, 11) is 0. The molecular formula is C14H20OS. The summed E-state index contributed by atoms with van der Waals surface area (Å²) in [5, 5.41) is 0.233. The van der Waals surface area contributed by atoms with Crippen LogP contribution in [0.5, 0.6) is 0 Å². The lowest BCUT2D eigenvalue weighted by Crippen LogP contribution is -2.04. The van der Waals surface area contributed by atoms with E-state index in [2.05, 4.69) is 38.1 Å². The second kappa shape index (κ2) is 6.09. The molecular weight excluding hydrogens is 216 g/mol. The summed E-state index contributed by atoms with van der Waals surface area (Å²) in [6, 6.07) is 8.44. The van der Waals surface area contributed by atoms with Gasteiger partial charge in [-0.2, -0.15) is 0 Å². The summed E-state index contributed by atoms with van der Waals surface area (Å²) in [5.41, 5.74) is 2.47. The molecule has 1 atom stereocenters. The van der Waals surface area contributed by atoms with Crippen LogP contribution in [0.3, 0.4) is 0 Å². The predicted octanol–water partition coefficient (Wildman–Crippen LogP) is 3.88. The van der Waals surface area contributed by atoms with Gasteiger partial charge in [0.05, 0.1) is 5.92 Å². The number of carbonyl (C=O) groups is 1. The van der Waals surface area contributed by atoms with Crippen LogP contribution in [0, 0.1) is 5.92 Å². The van der Waals surface area contributed by atoms with E-state index in [1.165, 1.54) is 17.3 Å². The summed E-state index contributed by atoms with van der Waals surface area (Å²) in [6.07, 6.45) is 2.94. The van der Waals surface area contributed by atoms with E-state index >= 15 is 0 Å². The van der Waals surface area contributed by atoms with Crippen LogP contribution in [0.4, 0.5) is 0 Å². The van der Waals surface area contributed by atoms with E-state index in [9.17, 15) is 4.79 Å². The zero-order valence-electron chi connectivity index (χ0n) is 10.5. The summed E-state index contributed by atoms with van der Waals surface area (Å²) < 4.78 is 0. The first-order chi connectivity index (χ1) is 7.54. The van der Waals surface area contributed by atoms with Crippen LogP contribution < -0.4 is 0 Å². The average Bonchev–Trinajstić information content (AvgIpc) is 2.27. The Kier molecular flexibility index (Phi) is 5.07. The summed E-state index contributed by atoms with van der Waals surface area (Å²) in [5.74, 6) is 0.680. The van der Waals surface area contributed by atoms with Crippen LogP contribution in [0.2, 0.25) is 0 Å². The molecule has 0 N–H and O–H groups in total. The minimum absolute atomic E-state index is 0.00287. The van der Waals surface area contributed by atoms with E-state index in [-0.39, 0.29) is 11.0 Å². The number of thioether (sulfide) groups is 1. The molecule has 0 amide bonds. The molecule has 0 spiro atoms. The number of benzene rings is 1. The van der Waals surface area contributed by atoms with E-state index < -0.39 is 0 Å². The maximum Gasteiger partial charge on any atom is 0.195 e. The van der Waals surface area contributed by atoms with Crippen LogP contribution in [0.1, 0.15) is 37.8 Å². The fourth-order valence-electron chi connectivity index (χ4n) is 1.73. The summed E-state index contributed by atoms with van der Waals surface area (Å²) in [6.45, 7) is 6.40. The lowest BCUT2D eigenvalue weighted by atomic mass is 9.97. The molecule has 0 radical (unpaired) electrons. The fourth-order valence-corrected chi connectivity index (χ4v) is 2.22. The molecule has 1 aromatic rings. The maximum atomic E-state index is 11.5. The number of hydrogen-bond donors (Lipinski definition) is 0. The molecule has 0 aliphatic heterocycles. The molecule has 0 saturated carbocycles. The number of hydrogen-bond acceptors (Lipinski definition) is 2. The molecule has 1 aromatic carbocycles. The molecule has 0 aromatic heterocycles. The molecule has 2 heteroatoms. The summed E-state index contributed by atoms with van der Waals surface area (Å²) in [4.78, 5) is 11.5. The lowest BCUT2D eigenvalue weighted by Gasteiger charge is -2.10. The number of carbonyl (C=O) groups excluding carboxylic acids is 1. The van der Waals surface area contributed by atoms with Gasteiger partial charge in [-0.25, -0.2) is 0 Å². The van der Waals surface area contributed by atoms with Gasteiger partial charge in [-0.1, -0.05) is 56.8 Å². The molecule has 0 aliphatic rings. The van der Waals surface area contributed by atoms with Crippen molar-refractivity contribution in [2.75, 3.05) is 6.26 Å². The van der Waals surface area contributed by atoms with Gasteiger partial charge in [-0.3, -0.25) is 4.79 Å². The molecule has 1 unspecified atom stereocenters. The molecule has 0 saturated heterocycles. The first-order valence-electron chi connectivity index (χ1n) is 5.71. The number of rotatable bonds is 4. The second-order valence-corrected chi connectivity index (χ2v) is 5.40. The highest BCUT2D eigenvalue weighted by Gasteiger charge is 2.13. The Hall–Kier alpha value is -0.760. The zero-order chi connectivity index (χ0) is 12.1. The molecule has 0 aliphatic carbocycles. The van der Waals surface area contributed by atoms with Crippen molar-refractivity contribution in [3.05, 3.63) is 35.4 Å². The first-order valence-corrected chi connectivity index (χ1v) is 6.93. The van der Waals surface area contributed by atoms with Gasteiger partial charge in [0.25, 0.3) is 0 Å². The molecule has 1 rings (SSSR count). The van der Waals surface area contributed by atoms with Crippen LogP contribution in [0.25, 0.3) is 0 Å². The third-order valence-corrected chi connectivity index (χ3v) is 3.43. The average molecular weight is 236 g/mol. The van der Waals surface area contributed by atoms with Gasteiger partial charge in [-0.05, 0) is 29.7 Å². The Morgan fingerprint density at radius 2 is 1.75 bits per heavy atom. The van der Waals surface area contributed by atoms with Crippen molar-refractivity contribution in [2.24, 2.45) is 5.92 Å². The van der Waals surface area contributed by atoms with Crippen LogP contribution in [-0.4, -0.2) is 11.4 Å². The van der Waals surface area contributed by atoms with Crippen molar-refractivity contribution in [1.82, 2.24) is 0 Å². The lowest BCUT2D eigenvalue weighted by molar-refractivity contribution is -0.111. The fraction of sp³-hybridized carbons (Fsp3) is 0.500. The Bertz CT molecular complexity index is 340. The van der Waals surface area contributed by atoms with Gasteiger partial charge >= 0.3 is 0 Å². The van der Waals surface area contributed by atoms with E-state index in [0.717, 1.165) is 12.0 Å². The standard InChI is InChI=1S/C14H20OS/c1-10(2)9-12-5-7-13(8-6-12)11(3)14(15)16-4/h5-8,10-11H,9H2,1-4H3. The normalized spacial score (nSPS) is 12.8. The summed E-state index contributed by atoms with van der Waals surface area (Å²) >= 11 is 1.30. The van der Waals surface area contributed by atoms with Gasteiger partial charge in [0, 0.05) is 0 Å². The van der Waals surface area contributed by atoms with Crippen LogP contribution in [-0.2, 0) is 11.2 Å². The molecule has 0 fully saturated rings. The highest BCUT2D eigenvalue weighted by Crippen LogP contribution is 2.21. The Morgan fingerprint density at radius 1 is 1.19 bits per heavy atom. The van der Waals surface area contributed by atoms with Crippen LogP contribution >= 0.6 is 11.8 Å². The van der Waals surface area contributed by atoms with Gasteiger partial charge in [0.2, 0.25) is 0 Å². The molecule has 0 heterocycles. The topological polar surface area (TPSA) is 17.1 Å². The third kappa shape index (κ3) is 3.67. The van der Waals surface area contributed by atoms with Crippen molar-refractivity contribution in [3.63, 3.8) is 0 Å². The minimum atomic E-state index is 0.00287. The minimum Gasteiger partial charge on any atom is -0.287 e. The Balaban J connectivity index is 2.74. The van der Waals surface area contributed by atoms with Crippen molar-refractivity contribution in [1.29, 1.82) is 0 Å². The zero-order valence-corrected chi connectivity index (χ0v) is 11.3. The third-order valence-electron chi connectivity index (χ3n) is 2.68. The Labute approximate surface area is 103 Å². The van der Waals surface area contributed by atoms with Crippen molar-refractivity contribution in [2.45, 2.75) is 33.1 Å². The SMILES string of the molecule is CSC(=O)C(C)c1ccc(CC(C)C)cc1. The Morgan fingerprint density at radius 3 is 2.19 bits per heavy atom. The van der Waals surface area contributed by atoms with Gasteiger partial charge in [0.15, 0.2) is 5.12 Å². The van der Waals surface area contributed by atoms with Gasteiger partial charge < -0.3 is 0 Å².